The predicted molar refractivity (Wildman–Crippen MR) is 88.2 cm³/mol. The van der Waals surface area contributed by atoms with Crippen molar-refractivity contribution < 1.29 is 9.59 Å². The fraction of sp³-hybridized carbons (Fsp3) is 0.500. The number of rotatable bonds is 3. The van der Waals surface area contributed by atoms with Gasteiger partial charge in [-0.25, -0.2) is 0 Å². The second kappa shape index (κ2) is 7.80. The molecule has 120 valence electrons. The zero-order valence-corrected chi connectivity index (χ0v) is 13.7. The van der Waals surface area contributed by atoms with Crippen LogP contribution in [-0.2, 0) is 4.79 Å². The van der Waals surface area contributed by atoms with Gasteiger partial charge >= 0.3 is 0 Å². The summed E-state index contributed by atoms with van der Waals surface area (Å²) in [5.74, 6) is 0.792. The van der Waals surface area contributed by atoms with Gasteiger partial charge in [0.2, 0.25) is 5.91 Å². The monoisotopic (exact) mass is 342 g/mol. The molecule has 2 aliphatic heterocycles. The maximum atomic E-state index is 12.6. The van der Waals surface area contributed by atoms with Gasteiger partial charge in [0.15, 0.2) is 0 Å². The third kappa shape index (κ3) is 3.71. The van der Waals surface area contributed by atoms with Gasteiger partial charge in [0, 0.05) is 44.3 Å². The topological polar surface area (TPSA) is 65.5 Å². The van der Waals surface area contributed by atoms with Crippen molar-refractivity contribution in [3.05, 3.63) is 30.1 Å². The summed E-state index contributed by atoms with van der Waals surface area (Å²) < 4.78 is 0. The first kappa shape index (κ1) is 17.1. The lowest BCUT2D eigenvalue weighted by molar-refractivity contribution is -0.135. The van der Waals surface area contributed by atoms with E-state index in [0.717, 1.165) is 24.4 Å². The summed E-state index contributed by atoms with van der Waals surface area (Å²) in [6.07, 6.45) is 3.53. The second-order valence-electron chi connectivity index (χ2n) is 5.13. The van der Waals surface area contributed by atoms with E-state index in [1.165, 1.54) is 11.8 Å². The molecule has 1 aromatic rings. The molecule has 2 aliphatic rings. The summed E-state index contributed by atoms with van der Waals surface area (Å²) in [6, 6.07) is 3.86. The Morgan fingerprint density at radius 3 is 3.00 bits per heavy atom. The highest BCUT2D eigenvalue weighted by atomic mass is 35.5. The molecule has 1 atom stereocenters. The molecule has 0 spiro atoms. The molecule has 2 amide bonds. The van der Waals surface area contributed by atoms with Gasteiger partial charge in [-0.1, -0.05) is 17.8 Å². The molecule has 3 heterocycles. The Morgan fingerprint density at radius 2 is 2.32 bits per heavy atom. The minimum absolute atomic E-state index is 0. The normalized spacial score (nSPS) is 21.6. The molecule has 8 heteroatoms. The van der Waals surface area contributed by atoms with Crippen molar-refractivity contribution in [1.82, 2.24) is 20.1 Å². The fourth-order valence-electron chi connectivity index (χ4n) is 2.70. The van der Waals surface area contributed by atoms with Crippen LogP contribution < -0.4 is 5.32 Å². The number of thioether (sulfide) groups is 1. The lowest BCUT2D eigenvalue weighted by Gasteiger charge is -2.37. The Hall–Kier alpha value is -1.31. The highest BCUT2D eigenvalue weighted by molar-refractivity contribution is 8.13. The van der Waals surface area contributed by atoms with E-state index in [1.807, 2.05) is 17.0 Å². The average molecular weight is 343 g/mol. The molecular formula is C14H19ClN4O2S. The molecule has 6 nitrogen and oxygen atoms in total. The van der Waals surface area contributed by atoms with Gasteiger partial charge in [0.25, 0.3) is 5.24 Å². The van der Waals surface area contributed by atoms with Crippen molar-refractivity contribution in [3.63, 3.8) is 0 Å². The van der Waals surface area contributed by atoms with E-state index in [1.54, 1.807) is 17.3 Å². The van der Waals surface area contributed by atoms with Crippen LogP contribution >= 0.6 is 24.2 Å². The minimum Gasteiger partial charge on any atom is -0.331 e. The van der Waals surface area contributed by atoms with Crippen LogP contribution in [0.5, 0.6) is 0 Å². The third-order valence-electron chi connectivity index (χ3n) is 3.80. The average Bonchev–Trinajstić information content (AvgIpc) is 2.93. The summed E-state index contributed by atoms with van der Waals surface area (Å²) >= 11 is 1.29. The quantitative estimate of drug-likeness (QED) is 0.892. The first-order valence-electron chi connectivity index (χ1n) is 7.07. The van der Waals surface area contributed by atoms with Crippen molar-refractivity contribution in [1.29, 1.82) is 0 Å². The van der Waals surface area contributed by atoms with E-state index in [4.69, 9.17) is 0 Å². The zero-order valence-electron chi connectivity index (χ0n) is 12.1. The van der Waals surface area contributed by atoms with E-state index >= 15 is 0 Å². The van der Waals surface area contributed by atoms with Crippen LogP contribution in [0.25, 0.3) is 0 Å². The van der Waals surface area contributed by atoms with Crippen LogP contribution in [0.3, 0.4) is 0 Å². The Kier molecular flexibility index (Phi) is 6.05. The number of hydrogen-bond acceptors (Lipinski definition) is 5. The first-order chi connectivity index (χ1) is 10.3. The van der Waals surface area contributed by atoms with Crippen LogP contribution in [0.15, 0.2) is 24.5 Å². The van der Waals surface area contributed by atoms with Crippen molar-refractivity contribution >= 4 is 35.3 Å². The molecule has 3 rings (SSSR count). The Labute approximate surface area is 140 Å². The SMILES string of the molecule is Cl.O=C1SCCN1CC(=O)N1CCNCC1c1cccnc1. The Morgan fingerprint density at radius 1 is 1.45 bits per heavy atom. The van der Waals surface area contributed by atoms with Crippen molar-refractivity contribution in [2.24, 2.45) is 0 Å². The van der Waals surface area contributed by atoms with Crippen LogP contribution in [0.2, 0.25) is 0 Å². The Balaban J connectivity index is 0.00000176. The van der Waals surface area contributed by atoms with Crippen LogP contribution in [0.4, 0.5) is 4.79 Å². The van der Waals surface area contributed by atoms with Crippen LogP contribution in [0.1, 0.15) is 11.6 Å². The number of carbonyl (C=O) groups excluding carboxylic acids is 2. The number of pyridine rings is 1. The third-order valence-corrected chi connectivity index (χ3v) is 4.70. The summed E-state index contributed by atoms with van der Waals surface area (Å²) in [4.78, 5) is 31.8. The molecule has 1 aromatic heterocycles. The summed E-state index contributed by atoms with van der Waals surface area (Å²) in [5, 5.41) is 3.32. The number of halogens is 1. The van der Waals surface area contributed by atoms with Gasteiger partial charge in [0.1, 0.15) is 6.54 Å². The van der Waals surface area contributed by atoms with Gasteiger partial charge < -0.3 is 15.1 Å². The van der Waals surface area contributed by atoms with Crippen molar-refractivity contribution in [3.8, 4) is 0 Å². The van der Waals surface area contributed by atoms with Gasteiger partial charge in [-0.15, -0.1) is 12.4 Å². The molecule has 1 N–H and O–H groups in total. The summed E-state index contributed by atoms with van der Waals surface area (Å²) in [5.41, 5.74) is 1.03. The molecule has 22 heavy (non-hydrogen) atoms. The standard InChI is InChI=1S/C14H18N4O2S.ClH/c19-13(10-17-6-7-21-14(17)20)18-5-4-16-9-12(18)11-2-1-3-15-8-11;/h1-3,8,12,16H,4-7,9-10H2;1H. The molecule has 0 bridgehead atoms. The number of nitrogens with one attached hydrogen (secondary N) is 1. The molecule has 1 unspecified atom stereocenters. The second-order valence-corrected chi connectivity index (χ2v) is 6.18. The highest BCUT2D eigenvalue weighted by Crippen LogP contribution is 2.23. The van der Waals surface area contributed by atoms with Crippen LogP contribution in [0, 0.1) is 0 Å². The van der Waals surface area contributed by atoms with E-state index in [-0.39, 0.29) is 36.1 Å². The molecule has 0 saturated carbocycles. The van der Waals surface area contributed by atoms with Gasteiger partial charge in [-0.3, -0.25) is 14.6 Å². The molecular weight excluding hydrogens is 324 g/mol. The molecule has 2 saturated heterocycles. The number of amides is 2. The van der Waals surface area contributed by atoms with Gasteiger partial charge in [-0.2, -0.15) is 0 Å². The highest BCUT2D eigenvalue weighted by Gasteiger charge is 2.31. The molecule has 0 radical (unpaired) electrons. The molecule has 0 aliphatic carbocycles. The van der Waals surface area contributed by atoms with E-state index in [2.05, 4.69) is 10.3 Å². The summed E-state index contributed by atoms with van der Waals surface area (Å²) in [6.45, 7) is 3.01. The maximum Gasteiger partial charge on any atom is 0.282 e. The van der Waals surface area contributed by atoms with Crippen molar-refractivity contribution in [2.75, 3.05) is 38.5 Å². The van der Waals surface area contributed by atoms with Crippen molar-refractivity contribution in [2.45, 2.75) is 6.04 Å². The van der Waals surface area contributed by atoms with E-state index in [9.17, 15) is 9.59 Å². The zero-order chi connectivity index (χ0) is 14.7. The largest absolute Gasteiger partial charge is 0.331 e. The number of carbonyl (C=O) groups is 2. The van der Waals surface area contributed by atoms with Gasteiger partial charge in [0.05, 0.1) is 6.04 Å². The first-order valence-corrected chi connectivity index (χ1v) is 8.06. The maximum absolute atomic E-state index is 12.6. The number of aromatic nitrogens is 1. The lowest BCUT2D eigenvalue weighted by atomic mass is 10.1. The predicted octanol–water partition coefficient (Wildman–Crippen LogP) is 1.15. The smallest absolute Gasteiger partial charge is 0.282 e. The minimum atomic E-state index is -0.00897. The van der Waals surface area contributed by atoms with Crippen LogP contribution in [-0.4, -0.2) is 64.4 Å². The Bertz CT molecular complexity index is 531. The summed E-state index contributed by atoms with van der Waals surface area (Å²) in [7, 11) is 0. The number of nitrogens with zero attached hydrogens (tertiary/aromatic N) is 3. The lowest BCUT2D eigenvalue weighted by Crippen LogP contribution is -2.51. The van der Waals surface area contributed by atoms with E-state index < -0.39 is 0 Å². The molecule has 0 aromatic carbocycles. The molecule has 2 fully saturated rings. The van der Waals surface area contributed by atoms with Gasteiger partial charge in [-0.05, 0) is 11.6 Å². The fourth-order valence-corrected chi connectivity index (χ4v) is 3.52. The number of hydrogen-bond donors (Lipinski definition) is 1. The number of piperazine rings is 1. The van der Waals surface area contributed by atoms with E-state index in [0.29, 0.717) is 13.1 Å².